The van der Waals surface area contributed by atoms with Crippen LogP contribution in [0.2, 0.25) is 5.02 Å². The molecule has 0 aromatic heterocycles. The summed E-state index contributed by atoms with van der Waals surface area (Å²) in [6, 6.07) is 4.64. The van der Waals surface area contributed by atoms with Gasteiger partial charge in [0.05, 0.1) is 18.8 Å². The van der Waals surface area contributed by atoms with Crippen LogP contribution in [-0.4, -0.2) is 56.8 Å². The van der Waals surface area contributed by atoms with Gasteiger partial charge in [-0.25, -0.2) is 4.39 Å². The molecule has 0 radical (unpaired) electrons. The van der Waals surface area contributed by atoms with Crippen molar-refractivity contribution >= 4 is 17.6 Å². The molecule has 1 aromatic rings. The Hall–Kier alpha value is -1.37. The fraction of sp³-hybridized carbons (Fsp3) is 0.611. The highest BCUT2D eigenvalue weighted by molar-refractivity contribution is 6.31. The number of halogens is 2. The minimum absolute atomic E-state index is 0.110. The topological polar surface area (TPSA) is 48.9 Å². The molecule has 0 spiro atoms. The van der Waals surface area contributed by atoms with Gasteiger partial charge in [0.15, 0.2) is 5.96 Å². The molecule has 5 nitrogen and oxygen atoms in total. The third-order valence-corrected chi connectivity index (χ3v) is 4.60. The van der Waals surface area contributed by atoms with Crippen LogP contribution in [0.3, 0.4) is 0 Å². The van der Waals surface area contributed by atoms with E-state index in [1.165, 1.54) is 6.07 Å². The Morgan fingerprint density at radius 3 is 2.92 bits per heavy atom. The Morgan fingerprint density at radius 1 is 1.48 bits per heavy atom. The summed E-state index contributed by atoms with van der Waals surface area (Å²) >= 11 is 6.34. The zero-order chi connectivity index (χ0) is 18.2. The number of nitrogens with one attached hydrogen (secondary N) is 2. The largest absolute Gasteiger partial charge is 0.376 e. The lowest BCUT2D eigenvalue weighted by Crippen LogP contribution is -2.48. The van der Waals surface area contributed by atoms with Crippen molar-refractivity contribution in [3.63, 3.8) is 0 Å². The van der Waals surface area contributed by atoms with Crippen molar-refractivity contribution in [3.05, 3.63) is 34.6 Å². The summed E-state index contributed by atoms with van der Waals surface area (Å²) in [4.78, 5) is 6.44. The molecule has 0 aliphatic carbocycles. The smallest absolute Gasteiger partial charge is 0.191 e. The molecule has 1 aliphatic heterocycles. The van der Waals surface area contributed by atoms with Gasteiger partial charge in [-0.15, -0.1) is 0 Å². The second-order valence-electron chi connectivity index (χ2n) is 6.21. The summed E-state index contributed by atoms with van der Waals surface area (Å²) in [5.74, 6) is 0.426. The van der Waals surface area contributed by atoms with Gasteiger partial charge in [-0.3, -0.25) is 9.89 Å². The van der Waals surface area contributed by atoms with Gasteiger partial charge in [-0.2, -0.15) is 0 Å². The summed E-state index contributed by atoms with van der Waals surface area (Å²) in [6.45, 7) is 7.57. The van der Waals surface area contributed by atoms with Crippen LogP contribution in [0.25, 0.3) is 0 Å². The van der Waals surface area contributed by atoms with Crippen molar-refractivity contribution in [2.75, 3.05) is 39.8 Å². The maximum Gasteiger partial charge on any atom is 0.191 e. The molecule has 140 valence electrons. The van der Waals surface area contributed by atoms with Gasteiger partial charge < -0.3 is 15.4 Å². The number of hydrogen-bond donors (Lipinski definition) is 2. The molecular formula is C18H28ClFN4O. The van der Waals surface area contributed by atoms with Gasteiger partial charge in [0.1, 0.15) is 5.82 Å². The number of nitrogens with zero attached hydrogens (tertiary/aromatic N) is 2. The lowest BCUT2D eigenvalue weighted by Gasteiger charge is -2.38. The molecule has 2 atom stereocenters. The second-order valence-corrected chi connectivity index (χ2v) is 6.61. The summed E-state index contributed by atoms with van der Waals surface area (Å²) < 4.78 is 20.2. The highest BCUT2D eigenvalue weighted by Crippen LogP contribution is 2.30. The number of ether oxygens (including phenoxy) is 1. The predicted molar refractivity (Wildman–Crippen MR) is 101 cm³/mol. The average molecular weight is 371 g/mol. The first kappa shape index (κ1) is 19.9. The maximum absolute atomic E-state index is 14.5. The van der Waals surface area contributed by atoms with E-state index in [0.29, 0.717) is 29.7 Å². The van der Waals surface area contributed by atoms with Crippen LogP contribution in [-0.2, 0) is 4.74 Å². The molecule has 2 rings (SSSR count). The van der Waals surface area contributed by atoms with E-state index in [4.69, 9.17) is 16.3 Å². The molecule has 7 heteroatoms. The van der Waals surface area contributed by atoms with Crippen LogP contribution in [0.15, 0.2) is 23.2 Å². The zero-order valence-corrected chi connectivity index (χ0v) is 15.9. The number of aliphatic imine (C=N–C) groups is 1. The highest BCUT2D eigenvalue weighted by Gasteiger charge is 2.29. The van der Waals surface area contributed by atoms with Crippen LogP contribution in [0.1, 0.15) is 31.9 Å². The number of benzene rings is 1. The molecule has 2 unspecified atom stereocenters. The number of guanidine groups is 1. The van der Waals surface area contributed by atoms with Crippen LogP contribution >= 0.6 is 11.6 Å². The number of morpholine rings is 1. The summed E-state index contributed by atoms with van der Waals surface area (Å²) in [6.07, 6.45) is 1.11. The fourth-order valence-corrected chi connectivity index (χ4v) is 3.32. The Kier molecular flexibility index (Phi) is 7.93. The Bertz CT molecular complexity index is 564. The zero-order valence-electron chi connectivity index (χ0n) is 15.2. The normalized spacial score (nSPS) is 20.4. The van der Waals surface area contributed by atoms with E-state index in [-0.39, 0.29) is 18.0 Å². The Labute approximate surface area is 154 Å². The molecule has 2 N–H and O–H groups in total. The van der Waals surface area contributed by atoms with Crippen LogP contribution in [0.5, 0.6) is 0 Å². The minimum Gasteiger partial charge on any atom is -0.376 e. The minimum atomic E-state index is -0.282. The van der Waals surface area contributed by atoms with Crippen molar-refractivity contribution in [1.82, 2.24) is 15.5 Å². The molecule has 1 saturated heterocycles. The summed E-state index contributed by atoms with van der Waals surface area (Å²) in [5, 5.41) is 6.98. The van der Waals surface area contributed by atoms with E-state index < -0.39 is 0 Å². The van der Waals surface area contributed by atoms with Crippen LogP contribution in [0.4, 0.5) is 4.39 Å². The van der Waals surface area contributed by atoms with Gasteiger partial charge >= 0.3 is 0 Å². The maximum atomic E-state index is 14.5. The van der Waals surface area contributed by atoms with Gasteiger partial charge in [0.25, 0.3) is 0 Å². The molecule has 0 saturated carbocycles. The molecule has 0 amide bonds. The van der Waals surface area contributed by atoms with Crippen molar-refractivity contribution in [2.24, 2.45) is 4.99 Å². The van der Waals surface area contributed by atoms with Crippen molar-refractivity contribution in [2.45, 2.75) is 32.4 Å². The first-order valence-electron chi connectivity index (χ1n) is 8.80. The van der Waals surface area contributed by atoms with E-state index in [0.717, 1.165) is 26.1 Å². The fourth-order valence-electron chi connectivity index (χ4n) is 3.03. The number of hydrogen-bond acceptors (Lipinski definition) is 3. The molecule has 25 heavy (non-hydrogen) atoms. The van der Waals surface area contributed by atoms with E-state index in [2.05, 4.69) is 27.4 Å². The van der Waals surface area contributed by atoms with Gasteiger partial charge in [0.2, 0.25) is 0 Å². The molecule has 1 heterocycles. The van der Waals surface area contributed by atoms with Gasteiger partial charge in [-0.1, -0.05) is 24.6 Å². The predicted octanol–water partition coefficient (Wildman–Crippen LogP) is 2.82. The van der Waals surface area contributed by atoms with Crippen molar-refractivity contribution < 1.29 is 9.13 Å². The summed E-state index contributed by atoms with van der Waals surface area (Å²) in [5.41, 5.74) is 0.525. The van der Waals surface area contributed by atoms with Gasteiger partial charge in [0, 0.05) is 43.8 Å². The first-order chi connectivity index (χ1) is 12.1. The molecule has 0 bridgehead atoms. The highest BCUT2D eigenvalue weighted by atomic mass is 35.5. The van der Waals surface area contributed by atoms with E-state index in [1.807, 2.05) is 6.92 Å². The van der Waals surface area contributed by atoms with E-state index >= 15 is 0 Å². The van der Waals surface area contributed by atoms with Crippen LogP contribution < -0.4 is 10.6 Å². The van der Waals surface area contributed by atoms with Gasteiger partial charge in [-0.05, 0) is 25.5 Å². The SMILES string of the molecule is CCCNC(=NC)NCC(c1c(F)cccc1Cl)N1CCOC(C)C1. The lowest BCUT2D eigenvalue weighted by molar-refractivity contribution is -0.0343. The lowest BCUT2D eigenvalue weighted by atomic mass is 10.0. The third kappa shape index (κ3) is 5.56. The standard InChI is InChI=1S/C18H28ClFN4O/c1-4-8-22-18(21-3)23-11-16(24-9-10-25-13(2)12-24)17-14(19)6-5-7-15(17)20/h5-7,13,16H,4,8-12H2,1-3H3,(H2,21,22,23). The van der Waals surface area contributed by atoms with Crippen molar-refractivity contribution in [3.8, 4) is 0 Å². The van der Waals surface area contributed by atoms with E-state index in [9.17, 15) is 4.39 Å². The Morgan fingerprint density at radius 2 is 2.28 bits per heavy atom. The van der Waals surface area contributed by atoms with Crippen molar-refractivity contribution in [1.29, 1.82) is 0 Å². The summed E-state index contributed by atoms with van der Waals surface area (Å²) in [7, 11) is 1.73. The molecule has 1 aromatic carbocycles. The Balaban J connectivity index is 2.20. The first-order valence-corrected chi connectivity index (χ1v) is 9.18. The third-order valence-electron chi connectivity index (χ3n) is 4.28. The average Bonchev–Trinajstić information content (AvgIpc) is 2.59. The monoisotopic (exact) mass is 370 g/mol. The molecular weight excluding hydrogens is 343 g/mol. The molecule has 1 fully saturated rings. The van der Waals surface area contributed by atoms with Crippen LogP contribution in [0, 0.1) is 5.82 Å². The molecule has 1 aliphatic rings. The number of rotatable bonds is 6. The van der Waals surface area contributed by atoms with E-state index in [1.54, 1.807) is 19.2 Å². The second kappa shape index (κ2) is 9.94. The quantitative estimate of drug-likeness (QED) is 0.597.